The van der Waals surface area contributed by atoms with Gasteiger partial charge in [-0.25, -0.2) is 0 Å². The summed E-state index contributed by atoms with van der Waals surface area (Å²) >= 11 is 0. The van der Waals surface area contributed by atoms with Crippen LogP contribution in [0.4, 0.5) is 0 Å². The first-order valence-corrected chi connectivity index (χ1v) is 8.22. The molecule has 1 fully saturated rings. The lowest BCUT2D eigenvalue weighted by Crippen LogP contribution is -2.55. The molecular formula is C20H26N2. The van der Waals surface area contributed by atoms with Gasteiger partial charge in [0.15, 0.2) is 0 Å². The van der Waals surface area contributed by atoms with E-state index in [4.69, 9.17) is 0 Å². The Kier molecular flexibility index (Phi) is 4.60. The van der Waals surface area contributed by atoms with Crippen molar-refractivity contribution in [2.75, 3.05) is 20.1 Å². The van der Waals surface area contributed by atoms with Crippen molar-refractivity contribution in [3.8, 4) is 0 Å². The lowest BCUT2D eigenvalue weighted by molar-refractivity contribution is 0.0390. The van der Waals surface area contributed by atoms with Gasteiger partial charge in [-0.15, -0.1) is 0 Å². The van der Waals surface area contributed by atoms with Crippen molar-refractivity contribution >= 4 is 0 Å². The van der Waals surface area contributed by atoms with Crippen LogP contribution in [0.1, 0.15) is 31.0 Å². The molecule has 22 heavy (non-hydrogen) atoms. The lowest BCUT2D eigenvalue weighted by Gasteiger charge is -2.46. The third kappa shape index (κ3) is 3.08. The zero-order chi connectivity index (χ0) is 15.5. The zero-order valence-corrected chi connectivity index (χ0v) is 13.8. The minimum Gasteiger partial charge on any atom is -0.301 e. The molecule has 2 aromatic rings. The van der Waals surface area contributed by atoms with E-state index in [9.17, 15) is 0 Å². The second kappa shape index (κ2) is 6.64. The fourth-order valence-electron chi connectivity index (χ4n) is 3.53. The van der Waals surface area contributed by atoms with Crippen molar-refractivity contribution in [1.82, 2.24) is 9.80 Å². The number of hydrogen-bond acceptors (Lipinski definition) is 2. The summed E-state index contributed by atoms with van der Waals surface area (Å²) in [6, 6.07) is 23.3. The van der Waals surface area contributed by atoms with E-state index in [0.717, 1.165) is 13.1 Å². The minimum atomic E-state index is 0.341. The molecule has 1 aliphatic heterocycles. The molecular weight excluding hydrogens is 268 g/mol. The molecule has 2 unspecified atom stereocenters. The second-order valence-corrected chi connectivity index (χ2v) is 6.56. The van der Waals surface area contributed by atoms with Crippen LogP contribution in [0.15, 0.2) is 60.7 Å². The summed E-state index contributed by atoms with van der Waals surface area (Å²) in [7, 11) is 2.23. The Morgan fingerprint density at radius 2 is 1.27 bits per heavy atom. The summed E-state index contributed by atoms with van der Waals surface area (Å²) in [5.74, 6) is 0. The highest BCUT2D eigenvalue weighted by Crippen LogP contribution is 2.32. The molecule has 1 saturated heterocycles. The van der Waals surface area contributed by atoms with E-state index in [1.54, 1.807) is 0 Å². The van der Waals surface area contributed by atoms with Gasteiger partial charge in [0.05, 0.1) is 6.04 Å². The Labute approximate surface area is 134 Å². The highest BCUT2D eigenvalue weighted by Gasteiger charge is 2.33. The van der Waals surface area contributed by atoms with Crippen LogP contribution in [0.3, 0.4) is 0 Å². The molecule has 0 bridgehead atoms. The quantitative estimate of drug-likeness (QED) is 0.849. The van der Waals surface area contributed by atoms with Crippen LogP contribution in [0.2, 0.25) is 0 Å². The van der Waals surface area contributed by atoms with E-state index in [2.05, 4.69) is 91.4 Å². The maximum Gasteiger partial charge on any atom is 0.0605 e. The number of piperazine rings is 1. The molecule has 0 aromatic heterocycles. The van der Waals surface area contributed by atoms with Gasteiger partial charge >= 0.3 is 0 Å². The van der Waals surface area contributed by atoms with E-state index < -0.39 is 0 Å². The SMILES string of the molecule is CC1CN(C(c2ccccc2)c2ccccc2)C(C)CN1C. The molecule has 3 rings (SSSR count). The van der Waals surface area contributed by atoms with Gasteiger partial charge in [-0.1, -0.05) is 60.7 Å². The Bertz CT molecular complexity index is 542. The smallest absolute Gasteiger partial charge is 0.0605 e. The summed E-state index contributed by atoms with van der Waals surface area (Å²) in [5.41, 5.74) is 2.77. The van der Waals surface area contributed by atoms with Crippen LogP contribution >= 0.6 is 0 Å². The van der Waals surface area contributed by atoms with Crippen molar-refractivity contribution in [1.29, 1.82) is 0 Å². The van der Waals surface area contributed by atoms with Crippen molar-refractivity contribution in [2.45, 2.75) is 32.0 Å². The third-order valence-electron chi connectivity index (χ3n) is 4.91. The predicted octanol–water partition coefficient (Wildman–Crippen LogP) is 3.80. The van der Waals surface area contributed by atoms with Gasteiger partial charge in [0.1, 0.15) is 0 Å². The summed E-state index contributed by atoms with van der Waals surface area (Å²) in [6.45, 7) is 6.90. The van der Waals surface area contributed by atoms with E-state index in [-0.39, 0.29) is 0 Å². The fourth-order valence-corrected chi connectivity index (χ4v) is 3.53. The van der Waals surface area contributed by atoms with Crippen LogP contribution in [0.25, 0.3) is 0 Å². The van der Waals surface area contributed by atoms with E-state index in [0.29, 0.717) is 18.1 Å². The first-order valence-electron chi connectivity index (χ1n) is 8.22. The maximum absolute atomic E-state index is 2.66. The van der Waals surface area contributed by atoms with Crippen molar-refractivity contribution in [3.05, 3.63) is 71.8 Å². The Hall–Kier alpha value is -1.64. The predicted molar refractivity (Wildman–Crippen MR) is 93.0 cm³/mol. The average molecular weight is 294 g/mol. The molecule has 0 N–H and O–H groups in total. The molecule has 1 heterocycles. The van der Waals surface area contributed by atoms with Crippen LogP contribution < -0.4 is 0 Å². The molecule has 1 aliphatic rings. The molecule has 0 spiro atoms. The van der Waals surface area contributed by atoms with Gasteiger partial charge in [0.2, 0.25) is 0 Å². The molecule has 116 valence electrons. The number of nitrogens with zero attached hydrogens (tertiary/aromatic N) is 2. The average Bonchev–Trinajstić information content (AvgIpc) is 2.55. The number of hydrogen-bond donors (Lipinski definition) is 0. The molecule has 2 heteroatoms. The first kappa shape index (κ1) is 15.3. The molecule has 0 saturated carbocycles. The third-order valence-corrected chi connectivity index (χ3v) is 4.91. The van der Waals surface area contributed by atoms with Gasteiger partial charge in [-0.3, -0.25) is 4.90 Å². The summed E-state index contributed by atoms with van der Waals surface area (Å²) in [6.07, 6.45) is 0. The highest BCUT2D eigenvalue weighted by atomic mass is 15.3. The highest BCUT2D eigenvalue weighted by molar-refractivity contribution is 5.32. The Morgan fingerprint density at radius 3 is 1.77 bits per heavy atom. The summed E-state index contributed by atoms with van der Waals surface area (Å²) in [4.78, 5) is 5.13. The van der Waals surface area contributed by atoms with Gasteiger partial charge in [-0.2, -0.15) is 0 Å². The molecule has 0 aliphatic carbocycles. The van der Waals surface area contributed by atoms with Gasteiger partial charge in [-0.05, 0) is 32.0 Å². The lowest BCUT2D eigenvalue weighted by atomic mass is 9.94. The van der Waals surface area contributed by atoms with Crippen molar-refractivity contribution in [2.24, 2.45) is 0 Å². The number of likely N-dealkylation sites (N-methyl/N-ethyl adjacent to an activating group) is 1. The van der Waals surface area contributed by atoms with Gasteiger partial charge < -0.3 is 4.90 Å². The number of rotatable bonds is 3. The minimum absolute atomic E-state index is 0.341. The van der Waals surface area contributed by atoms with Crippen molar-refractivity contribution in [3.63, 3.8) is 0 Å². The second-order valence-electron chi connectivity index (χ2n) is 6.56. The molecule has 2 aromatic carbocycles. The van der Waals surface area contributed by atoms with Crippen molar-refractivity contribution < 1.29 is 0 Å². The topological polar surface area (TPSA) is 6.48 Å². The molecule has 2 atom stereocenters. The van der Waals surface area contributed by atoms with Crippen LogP contribution in [0.5, 0.6) is 0 Å². The largest absolute Gasteiger partial charge is 0.301 e. The molecule has 2 nitrogen and oxygen atoms in total. The maximum atomic E-state index is 2.66. The molecule has 0 amide bonds. The summed E-state index contributed by atoms with van der Waals surface area (Å²) in [5, 5.41) is 0. The van der Waals surface area contributed by atoms with Crippen LogP contribution in [-0.2, 0) is 0 Å². The number of benzene rings is 2. The van der Waals surface area contributed by atoms with E-state index in [1.165, 1.54) is 11.1 Å². The fraction of sp³-hybridized carbons (Fsp3) is 0.400. The standard InChI is InChI=1S/C20H26N2/c1-16-15-22(17(2)14-21(16)3)20(18-10-6-4-7-11-18)19-12-8-5-9-13-19/h4-13,16-17,20H,14-15H2,1-3H3. The Balaban J connectivity index is 1.99. The van der Waals surface area contributed by atoms with E-state index >= 15 is 0 Å². The van der Waals surface area contributed by atoms with Crippen LogP contribution in [-0.4, -0.2) is 42.0 Å². The summed E-state index contributed by atoms with van der Waals surface area (Å²) < 4.78 is 0. The van der Waals surface area contributed by atoms with Gasteiger partial charge in [0.25, 0.3) is 0 Å². The van der Waals surface area contributed by atoms with Gasteiger partial charge in [0, 0.05) is 25.2 Å². The van der Waals surface area contributed by atoms with Crippen LogP contribution in [0, 0.1) is 0 Å². The first-order chi connectivity index (χ1) is 10.7. The van der Waals surface area contributed by atoms with E-state index in [1.807, 2.05) is 0 Å². The Morgan fingerprint density at radius 1 is 0.773 bits per heavy atom. The monoisotopic (exact) mass is 294 g/mol. The molecule has 0 radical (unpaired) electrons. The zero-order valence-electron chi connectivity index (χ0n) is 13.8. The normalized spacial score (nSPS) is 23.8.